The molecule has 0 aliphatic rings. The molecule has 1 aromatic rings. The fourth-order valence-electron chi connectivity index (χ4n) is 2.05. The standard InChI is InChI=1S/C15H21BrClNO/c1-4-11(5-2)10-18(6-3)15(19)13-9-12(16)7-8-14(13)17/h7-9,11H,4-6,10H2,1-3H3. The Balaban J connectivity index is 2.92. The molecule has 1 rings (SSSR count). The number of rotatable bonds is 6. The fourth-order valence-corrected chi connectivity index (χ4v) is 2.61. The van der Waals surface area contributed by atoms with E-state index in [4.69, 9.17) is 11.6 Å². The van der Waals surface area contributed by atoms with Crippen LogP contribution in [0.1, 0.15) is 44.0 Å². The van der Waals surface area contributed by atoms with E-state index in [2.05, 4.69) is 29.8 Å². The van der Waals surface area contributed by atoms with Crippen LogP contribution in [0.3, 0.4) is 0 Å². The molecule has 106 valence electrons. The maximum absolute atomic E-state index is 12.5. The maximum Gasteiger partial charge on any atom is 0.255 e. The molecule has 0 saturated heterocycles. The van der Waals surface area contributed by atoms with Gasteiger partial charge in [0.25, 0.3) is 5.91 Å². The highest BCUT2D eigenvalue weighted by atomic mass is 79.9. The highest BCUT2D eigenvalue weighted by Crippen LogP contribution is 2.23. The predicted octanol–water partition coefficient (Wildman–Crippen LogP) is 5.00. The van der Waals surface area contributed by atoms with E-state index in [1.165, 1.54) is 0 Å². The third kappa shape index (κ3) is 4.50. The van der Waals surface area contributed by atoms with Gasteiger partial charge in [-0.2, -0.15) is 0 Å². The number of carbonyl (C=O) groups is 1. The molecule has 0 bridgehead atoms. The van der Waals surface area contributed by atoms with Crippen molar-refractivity contribution in [2.75, 3.05) is 13.1 Å². The summed E-state index contributed by atoms with van der Waals surface area (Å²) in [7, 11) is 0. The third-order valence-corrected chi connectivity index (χ3v) is 4.28. The Bertz CT molecular complexity index is 432. The zero-order valence-electron chi connectivity index (χ0n) is 11.7. The lowest BCUT2D eigenvalue weighted by Gasteiger charge is -2.26. The van der Waals surface area contributed by atoms with Gasteiger partial charge >= 0.3 is 0 Å². The first kappa shape index (κ1) is 16.5. The molecule has 0 N–H and O–H groups in total. The van der Waals surface area contributed by atoms with E-state index in [-0.39, 0.29) is 5.91 Å². The van der Waals surface area contributed by atoms with E-state index in [0.717, 1.165) is 23.9 Å². The zero-order chi connectivity index (χ0) is 14.4. The summed E-state index contributed by atoms with van der Waals surface area (Å²) in [4.78, 5) is 14.4. The van der Waals surface area contributed by atoms with Crippen molar-refractivity contribution < 1.29 is 4.79 Å². The van der Waals surface area contributed by atoms with Crippen molar-refractivity contribution in [1.82, 2.24) is 4.90 Å². The molecule has 0 aromatic heterocycles. The van der Waals surface area contributed by atoms with Crippen LogP contribution in [-0.4, -0.2) is 23.9 Å². The topological polar surface area (TPSA) is 20.3 Å². The number of benzene rings is 1. The van der Waals surface area contributed by atoms with Crippen LogP contribution in [0.25, 0.3) is 0 Å². The Labute approximate surface area is 129 Å². The van der Waals surface area contributed by atoms with Gasteiger partial charge in [-0.25, -0.2) is 0 Å². The SMILES string of the molecule is CCC(CC)CN(CC)C(=O)c1cc(Br)ccc1Cl. The van der Waals surface area contributed by atoms with Gasteiger partial charge in [-0.15, -0.1) is 0 Å². The molecule has 4 heteroatoms. The first-order valence-electron chi connectivity index (χ1n) is 6.77. The summed E-state index contributed by atoms with van der Waals surface area (Å²) < 4.78 is 0.874. The van der Waals surface area contributed by atoms with Crippen molar-refractivity contribution in [3.63, 3.8) is 0 Å². The fraction of sp³-hybridized carbons (Fsp3) is 0.533. The zero-order valence-corrected chi connectivity index (χ0v) is 14.1. The van der Waals surface area contributed by atoms with Gasteiger partial charge in [0, 0.05) is 17.6 Å². The largest absolute Gasteiger partial charge is 0.339 e. The third-order valence-electron chi connectivity index (χ3n) is 3.46. The average molecular weight is 347 g/mol. The molecule has 0 unspecified atom stereocenters. The van der Waals surface area contributed by atoms with Gasteiger partial charge in [0.15, 0.2) is 0 Å². The number of nitrogens with zero attached hydrogens (tertiary/aromatic N) is 1. The molecule has 2 nitrogen and oxygen atoms in total. The smallest absolute Gasteiger partial charge is 0.255 e. The van der Waals surface area contributed by atoms with E-state index >= 15 is 0 Å². The second-order valence-corrected chi connectivity index (χ2v) is 5.97. The Morgan fingerprint density at radius 1 is 1.32 bits per heavy atom. The van der Waals surface area contributed by atoms with Crippen LogP contribution < -0.4 is 0 Å². The number of amides is 1. The molecule has 0 heterocycles. The summed E-state index contributed by atoms with van der Waals surface area (Å²) in [6.07, 6.45) is 2.18. The summed E-state index contributed by atoms with van der Waals surface area (Å²) in [6, 6.07) is 5.39. The quantitative estimate of drug-likeness (QED) is 0.709. The molecule has 0 fully saturated rings. The van der Waals surface area contributed by atoms with Gasteiger partial charge in [-0.3, -0.25) is 4.79 Å². The summed E-state index contributed by atoms with van der Waals surface area (Å²) in [6.45, 7) is 7.84. The van der Waals surface area contributed by atoms with Crippen LogP contribution in [0, 0.1) is 5.92 Å². The molecule has 0 aliphatic heterocycles. The first-order valence-corrected chi connectivity index (χ1v) is 7.94. The molecule has 0 spiro atoms. The highest BCUT2D eigenvalue weighted by Gasteiger charge is 2.19. The van der Waals surface area contributed by atoms with Gasteiger partial charge in [0.05, 0.1) is 10.6 Å². The van der Waals surface area contributed by atoms with Gasteiger partial charge in [0.1, 0.15) is 0 Å². The van der Waals surface area contributed by atoms with Crippen LogP contribution in [0.4, 0.5) is 0 Å². The molecule has 19 heavy (non-hydrogen) atoms. The molecular formula is C15H21BrClNO. The minimum Gasteiger partial charge on any atom is -0.339 e. The normalized spacial score (nSPS) is 10.8. The highest BCUT2D eigenvalue weighted by molar-refractivity contribution is 9.10. The van der Waals surface area contributed by atoms with Crippen LogP contribution in [0.5, 0.6) is 0 Å². The first-order chi connectivity index (χ1) is 9.03. The van der Waals surface area contributed by atoms with Gasteiger partial charge in [-0.1, -0.05) is 54.2 Å². The summed E-state index contributed by atoms with van der Waals surface area (Å²) >= 11 is 9.51. The average Bonchev–Trinajstić information content (AvgIpc) is 2.42. The van der Waals surface area contributed by atoms with E-state index in [9.17, 15) is 4.79 Å². The van der Waals surface area contributed by atoms with Crippen molar-refractivity contribution in [2.45, 2.75) is 33.6 Å². The van der Waals surface area contributed by atoms with Gasteiger partial charge < -0.3 is 4.90 Å². The van der Waals surface area contributed by atoms with E-state index < -0.39 is 0 Å². The lowest BCUT2D eigenvalue weighted by atomic mass is 10.0. The van der Waals surface area contributed by atoms with Crippen molar-refractivity contribution in [3.05, 3.63) is 33.3 Å². The predicted molar refractivity (Wildman–Crippen MR) is 84.8 cm³/mol. The molecule has 1 amide bonds. The van der Waals surface area contributed by atoms with Crippen molar-refractivity contribution in [2.24, 2.45) is 5.92 Å². The summed E-state index contributed by atoms with van der Waals surface area (Å²) in [5, 5.41) is 0.510. The van der Waals surface area contributed by atoms with Crippen LogP contribution in [0.2, 0.25) is 5.02 Å². The van der Waals surface area contributed by atoms with Crippen LogP contribution in [-0.2, 0) is 0 Å². The Morgan fingerprint density at radius 3 is 2.47 bits per heavy atom. The Morgan fingerprint density at radius 2 is 1.95 bits per heavy atom. The second kappa shape index (κ2) is 7.91. The summed E-state index contributed by atoms with van der Waals surface area (Å²) in [5.74, 6) is 0.565. The minimum atomic E-state index is 0.0145. The lowest BCUT2D eigenvalue weighted by Crippen LogP contribution is -2.35. The number of halogens is 2. The van der Waals surface area contributed by atoms with E-state index in [1.54, 1.807) is 12.1 Å². The summed E-state index contributed by atoms with van der Waals surface area (Å²) in [5.41, 5.74) is 0.573. The lowest BCUT2D eigenvalue weighted by molar-refractivity contribution is 0.0735. The van der Waals surface area contributed by atoms with Crippen molar-refractivity contribution >= 4 is 33.4 Å². The Hall–Kier alpha value is -0.540. The number of hydrogen-bond acceptors (Lipinski definition) is 1. The second-order valence-electron chi connectivity index (χ2n) is 4.65. The van der Waals surface area contributed by atoms with E-state index in [1.807, 2.05) is 17.9 Å². The molecule has 0 aliphatic carbocycles. The number of hydrogen-bond donors (Lipinski definition) is 0. The van der Waals surface area contributed by atoms with Crippen LogP contribution >= 0.6 is 27.5 Å². The van der Waals surface area contributed by atoms with Gasteiger partial charge in [-0.05, 0) is 31.0 Å². The number of carbonyl (C=O) groups excluding carboxylic acids is 1. The van der Waals surface area contributed by atoms with E-state index in [0.29, 0.717) is 23.0 Å². The molecule has 0 saturated carbocycles. The minimum absolute atomic E-state index is 0.0145. The molecule has 1 aromatic carbocycles. The van der Waals surface area contributed by atoms with Crippen LogP contribution in [0.15, 0.2) is 22.7 Å². The van der Waals surface area contributed by atoms with Crippen molar-refractivity contribution in [1.29, 1.82) is 0 Å². The van der Waals surface area contributed by atoms with Crippen molar-refractivity contribution in [3.8, 4) is 0 Å². The molecular weight excluding hydrogens is 326 g/mol. The maximum atomic E-state index is 12.5. The Kier molecular flexibility index (Phi) is 6.87. The molecule has 0 atom stereocenters. The molecule has 0 radical (unpaired) electrons. The monoisotopic (exact) mass is 345 g/mol. The van der Waals surface area contributed by atoms with Gasteiger partial charge in [0.2, 0.25) is 0 Å².